The number of hydrogen-bond acceptors (Lipinski definition) is 2. The van der Waals surface area contributed by atoms with Gasteiger partial charge in [-0.2, -0.15) is 19.3 Å². The van der Waals surface area contributed by atoms with Crippen molar-refractivity contribution in [2.75, 3.05) is 0 Å². The maximum Gasteiger partial charge on any atom is 0.331 e. The molecule has 4 aliphatic carbocycles. The maximum atomic E-state index is 12.8. The molecule has 218 valence electrons. The van der Waals surface area contributed by atoms with Crippen LogP contribution in [0.5, 0.6) is 0 Å². The van der Waals surface area contributed by atoms with Crippen molar-refractivity contribution in [2.45, 2.75) is 120 Å². The number of benzene rings is 1. The van der Waals surface area contributed by atoms with Crippen LogP contribution in [0.2, 0.25) is 0 Å². The summed E-state index contributed by atoms with van der Waals surface area (Å²) in [6.07, 6.45) is 13.7. The van der Waals surface area contributed by atoms with Crippen LogP contribution in [0.15, 0.2) is 36.4 Å². The van der Waals surface area contributed by atoms with Gasteiger partial charge in [-0.25, -0.2) is 4.79 Å². The van der Waals surface area contributed by atoms with E-state index in [9.17, 15) is 4.79 Å². The summed E-state index contributed by atoms with van der Waals surface area (Å²) in [4.78, 5) is 12.8. The molecule has 4 aliphatic rings. The third kappa shape index (κ3) is 5.39. The van der Waals surface area contributed by atoms with Gasteiger partial charge in [-0.3, -0.25) is 0 Å². The first-order valence-electron chi connectivity index (χ1n) is 15.7. The zero-order valence-corrected chi connectivity index (χ0v) is 29.2. The van der Waals surface area contributed by atoms with E-state index >= 15 is 0 Å². The topological polar surface area (TPSA) is 26.3 Å². The first-order chi connectivity index (χ1) is 17.9. The molecular weight excluding hydrogens is 648 g/mol. The van der Waals surface area contributed by atoms with Gasteiger partial charge < -0.3 is 10.7 Å². The molecule has 0 saturated heterocycles. The number of ether oxygens (including phenoxy) is 1. The van der Waals surface area contributed by atoms with E-state index in [0.717, 1.165) is 29.7 Å². The van der Waals surface area contributed by atoms with Crippen LogP contribution in [0.3, 0.4) is 0 Å². The molecule has 39 heavy (non-hydrogen) atoms. The van der Waals surface area contributed by atoms with Crippen molar-refractivity contribution in [1.82, 2.24) is 0 Å². The van der Waals surface area contributed by atoms with Crippen molar-refractivity contribution < 1.29 is 30.6 Å². The summed E-state index contributed by atoms with van der Waals surface area (Å²) >= 11 is 0. The van der Waals surface area contributed by atoms with E-state index in [4.69, 9.17) is 4.74 Å². The SMILES string of the molecule is CC.C[C-]1CC[C@]2(C)[C@H](CC[C@@H]3[C@@]4(C)CC[C@H](OC(=O)/C=C/c5ccccc5)C(C)(C)[C@@H]4CC[C@]32C)C1C.[W]. The van der Waals surface area contributed by atoms with Crippen molar-refractivity contribution in [2.24, 2.45) is 45.3 Å². The molecule has 0 radical (unpaired) electrons. The summed E-state index contributed by atoms with van der Waals surface area (Å²) in [5.41, 5.74) is 2.21. The molecular formula is C36H55O2W-. The summed E-state index contributed by atoms with van der Waals surface area (Å²) in [5, 5.41) is 0. The van der Waals surface area contributed by atoms with Crippen LogP contribution in [0.1, 0.15) is 119 Å². The zero-order valence-electron chi connectivity index (χ0n) is 26.3. The van der Waals surface area contributed by atoms with Crippen LogP contribution in [-0.2, 0) is 30.6 Å². The number of carbonyl (C=O) groups is 1. The molecule has 1 unspecified atom stereocenters. The molecule has 8 atom stereocenters. The van der Waals surface area contributed by atoms with Gasteiger partial charge in [-0.05, 0) is 71.8 Å². The Morgan fingerprint density at radius 2 is 1.56 bits per heavy atom. The molecule has 1 aromatic rings. The first-order valence-corrected chi connectivity index (χ1v) is 15.7. The largest absolute Gasteiger partial charge is 0.459 e. The van der Waals surface area contributed by atoms with Crippen molar-refractivity contribution >= 4 is 12.0 Å². The van der Waals surface area contributed by atoms with Crippen LogP contribution in [0, 0.1) is 51.2 Å². The summed E-state index contributed by atoms with van der Waals surface area (Å²) in [7, 11) is 0. The zero-order chi connectivity index (χ0) is 27.9. The van der Waals surface area contributed by atoms with Gasteiger partial charge in [0.2, 0.25) is 0 Å². The van der Waals surface area contributed by atoms with Crippen LogP contribution < -0.4 is 0 Å². The Morgan fingerprint density at radius 1 is 0.897 bits per heavy atom. The third-order valence-corrected chi connectivity index (χ3v) is 12.8. The summed E-state index contributed by atoms with van der Waals surface area (Å²) in [5.74, 6) is 4.52. The normalized spacial score (nSPS) is 41.1. The van der Waals surface area contributed by atoms with Gasteiger partial charge in [0, 0.05) is 32.6 Å². The Bertz CT molecular complexity index is 1000. The minimum atomic E-state index is -0.197. The summed E-state index contributed by atoms with van der Waals surface area (Å²) < 4.78 is 6.19. The minimum Gasteiger partial charge on any atom is -0.459 e. The average molecular weight is 704 g/mol. The predicted octanol–water partition coefficient (Wildman–Crippen LogP) is 9.93. The van der Waals surface area contributed by atoms with E-state index in [0.29, 0.717) is 22.2 Å². The minimum absolute atomic E-state index is 0. The molecule has 0 bridgehead atoms. The molecule has 2 nitrogen and oxygen atoms in total. The second-order valence-electron chi connectivity index (χ2n) is 14.3. The Kier molecular flexibility index (Phi) is 10.2. The van der Waals surface area contributed by atoms with Gasteiger partial charge in [-0.15, -0.1) is 0 Å². The smallest absolute Gasteiger partial charge is 0.331 e. The molecule has 5 rings (SSSR count). The van der Waals surface area contributed by atoms with Gasteiger partial charge in [0.15, 0.2) is 0 Å². The number of carbonyl (C=O) groups excluding carboxylic acids is 1. The van der Waals surface area contributed by atoms with Crippen LogP contribution in [0.25, 0.3) is 6.08 Å². The molecule has 4 fully saturated rings. The fraction of sp³-hybridized carbons (Fsp3) is 0.722. The van der Waals surface area contributed by atoms with Gasteiger partial charge in [-0.1, -0.05) is 104 Å². The molecule has 0 aromatic heterocycles. The number of fused-ring (bicyclic) bond motifs is 5. The maximum absolute atomic E-state index is 12.8. The van der Waals surface area contributed by atoms with Gasteiger partial charge in [0.1, 0.15) is 6.10 Å². The molecule has 0 N–H and O–H groups in total. The molecule has 3 heteroatoms. The quantitative estimate of drug-likeness (QED) is 0.178. The van der Waals surface area contributed by atoms with Crippen LogP contribution in [-0.4, -0.2) is 12.1 Å². The molecule has 4 saturated carbocycles. The van der Waals surface area contributed by atoms with Crippen molar-refractivity contribution in [3.63, 3.8) is 0 Å². The summed E-state index contributed by atoms with van der Waals surface area (Å²) in [6, 6.07) is 10.0. The second kappa shape index (κ2) is 12.2. The van der Waals surface area contributed by atoms with Gasteiger partial charge in [0.05, 0.1) is 0 Å². The van der Waals surface area contributed by atoms with E-state index in [2.05, 4.69) is 48.5 Å². The van der Waals surface area contributed by atoms with Crippen LogP contribution >= 0.6 is 0 Å². The Balaban J connectivity index is 0.00000137. The third-order valence-electron chi connectivity index (χ3n) is 12.8. The van der Waals surface area contributed by atoms with Crippen LogP contribution in [0.4, 0.5) is 0 Å². The molecule has 0 aliphatic heterocycles. The molecule has 0 spiro atoms. The summed E-state index contributed by atoms with van der Waals surface area (Å²) in [6.45, 7) is 21.7. The Labute approximate surface area is 254 Å². The van der Waals surface area contributed by atoms with Gasteiger partial charge >= 0.3 is 5.97 Å². The van der Waals surface area contributed by atoms with E-state index in [1.54, 1.807) is 12.0 Å². The number of rotatable bonds is 3. The first kappa shape index (κ1) is 32.6. The Hall–Kier alpha value is -0.882. The predicted molar refractivity (Wildman–Crippen MR) is 160 cm³/mol. The fourth-order valence-corrected chi connectivity index (χ4v) is 10.4. The molecule has 1 aromatic carbocycles. The van der Waals surface area contributed by atoms with E-state index in [-0.39, 0.29) is 38.6 Å². The number of esters is 1. The Morgan fingerprint density at radius 3 is 2.23 bits per heavy atom. The number of hydrogen-bond donors (Lipinski definition) is 0. The van der Waals surface area contributed by atoms with E-state index < -0.39 is 0 Å². The van der Waals surface area contributed by atoms with Gasteiger partial charge in [0.25, 0.3) is 0 Å². The average Bonchev–Trinajstić information content (AvgIpc) is 2.89. The van der Waals surface area contributed by atoms with E-state index in [1.165, 1.54) is 44.9 Å². The second-order valence-corrected chi connectivity index (χ2v) is 14.3. The van der Waals surface area contributed by atoms with E-state index in [1.807, 2.05) is 50.3 Å². The standard InChI is InChI=1S/C34H49O2.C2H6.W/c1-23-17-21-33(6)26(24(23)2)14-15-28-32(5)20-19-29(31(3,4)27(32)18-22-34(28,33)7)36-30(35)16-13-25-11-9-8-10-12-25;1-2;/h8-13,16,24,26-29H,14-15,17-22H2,1-7H3;1-2H3;/q-1;;/b16-13+;;/t24?,26-,27+,28-,29+,32+,33-,34-;;/m1../s1. The fourth-order valence-electron chi connectivity index (χ4n) is 10.4. The van der Waals surface area contributed by atoms with Crippen molar-refractivity contribution in [3.05, 3.63) is 47.9 Å². The van der Waals surface area contributed by atoms with Crippen molar-refractivity contribution in [3.8, 4) is 0 Å². The van der Waals surface area contributed by atoms with Crippen molar-refractivity contribution in [1.29, 1.82) is 0 Å². The monoisotopic (exact) mass is 703 g/mol. The molecule has 0 heterocycles. The molecule has 0 amide bonds.